The molecule has 2 aromatic rings. The second kappa shape index (κ2) is 6.03. The molecule has 2 fully saturated rings. The van der Waals surface area contributed by atoms with Crippen molar-refractivity contribution in [1.29, 1.82) is 0 Å². The third-order valence-corrected chi connectivity index (χ3v) is 4.75. The van der Waals surface area contributed by atoms with E-state index < -0.39 is 5.41 Å². The van der Waals surface area contributed by atoms with Gasteiger partial charge >= 0.3 is 5.97 Å². The maximum Gasteiger partial charge on any atom is 0.316 e. The number of imidazole rings is 1. The van der Waals surface area contributed by atoms with Gasteiger partial charge in [-0.2, -0.15) is 5.10 Å². The number of hydrogen-bond acceptors (Lipinski definition) is 6. The summed E-state index contributed by atoms with van der Waals surface area (Å²) in [5, 5.41) is 4.16. The molecule has 8 nitrogen and oxygen atoms in total. The van der Waals surface area contributed by atoms with Crippen molar-refractivity contribution in [2.24, 2.45) is 11.3 Å². The summed E-state index contributed by atoms with van der Waals surface area (Å²) in [5.41, 5.74) is 0.251. The van der Waals surface area contributed by atoms with E-state index in [1.54, 1.807) is 23.2 Å². The highest BCUT2D eigenvalue weighted by atomic mass is 35.5. The van der Waals surface area contributed by atoms with Gasteiger partial charge in [0.05, 0.1) is 26.5 Å². The van der Waals surface area contributed by atoms with Crippen molar-refractivity contribution in [3.05, 3.63) is 30.2 Å². The van der Waals surface area contributed by atoms with Crippen LogP contribution in [0.25, 0.3) is 5.65 Å². The molecule has 0 aromatic carbocycles. The Labute approximate surface area is 144 Å². The van der Waals surface area contributed by atoms with Crippen molar-refractivity contribution in [3.8, 4) is 0 Å². The molecule has 128 valence electrons. The first-order valence-corrected chi connectivity index (χ1v) is 7.40. The van der Waals surface area contributed by atoms with Crippen molar-refractivity contribution in [1.82, 2.24) is 19.5 Å². The van der Waals surface area contributed by atoms with Crippen LogP contribution < -0.4 is 0 Å². The maximum absolute atomic E-state index is 12.8. The predicted molar refractivity (Wildman–Crippen MR) is 84.9 cm³/mol. The Hall–Kier alpha value is -2.19. The summed E-state index contributed by atoms with van der Waals surface area (Å²) in [4.78, 5) is 30.9. The monoisotopic (exact) mass is 352 g/mol. The number of fused-ring (bicyclic) bond motifs is 2. The Balaban J connectivity index is 0.00000169. The number of methoxy groups -OCH3 is 1. The Bertz CT molecular complexity index is 795. The smallest absolute Gasteiger partial charge is 0.316 e. The summed E-state index contributed by atoms with van der Waals surface area (Å²) in [7, 11) is 1.37. The fourth-order valence-electron chi connectivity index (χ4n) is 3.52. The second-order valence-electron chi connectivity index (χ2n) is 5.98. The maximum atomic E-state index is 12.8. The van der Waals surface area contributed by atoms with Gasteiger partial charge in [-0.1, -0.05) is 0 Å². The second-order valence-corrected chi connectivity index (χ2v) is 5.98. The van der Waals surface area contributed by atoms with Crippen LogP contribution in [-0.4, -0.2) is 64.8 Å². The van der Waals surface area contributed by atoms with Crippen LogP contribution in [-0.2, 0) is 14.3 Å². The van der Waals surface area contributed by atoms with Crippen molar-refractivity contribution in [2.45, 2.75) is 0 Å². The van der Waals surface area contributed by atoms with E-state index >= 15 is 0 Å². The summed E-state index contributed by atoms with van der Waals surface area (Å²) in [6.45, 7) is 1.51. The molecule has 0 aliphatic carbocycles. The number of rotatable bonds is 2. The Kier molecular flexibility index (Phi) is 4.18. The molecule has 0 unspecified atom stereocenters. The van der Waals surface area contributed by atoms with Crippen LogP contribution in [0.4, 0.5) is 0 Å². The number of hydrogen-bond donors (Lipinski definition) is 0. The fraction of sp³-hybridized carbons (Fsp3) is 0.467. The molecule has 1 amide bonds. The minimum absolute atomic E-state index is 0. The first-order valence-electron chi connectivity index (χ1n) is 7.40. The average Bonchev–Trinajstić information content (AvgIpc) is 3.25. The zero-order valence-corrected chi connectivity index (χ0v) is 13.9. The molecule has 4 heterocycles. The number of esters is 1. The summed E-state index contributed by atoms with van der Waals surface area (Å²) in [5.74, 6) is -0.536. The molecule has 2 atom stereocenters. The van der Waals surface area contributed by atoms with Crippen LogP contribution in [0.5, 0.6) is 0 Å². The quantitative estimate of drug-likeness (QED) is 0.728. The lowest BCUT2D eigenvalue weighted by Crippen LogP contribution is -2.41. The minimum Gasteiger partial charge on any atom is -0.468 e. The number of carbonyl (C=O) groups excluding carboxylic acids is 2. The van der Waals surface area contributed by atoms with Crippen molar-refractivity contribution < 1.29 is 19.1 Å². The van der Waals surface area contributed by atoms with Crippen LogP contribution in [0.3, 0.4) is 0 Å². The minimum atomic E-state index is -0.752. The summed E-state index contributed by atoms with van der Waals surface area (Å²) >= 11 is 0. The number of carbonyl (C=O) groups is 2. The van der Waals surface area contributed by atoms with E-state index in [4.69, 9.17) is 9.47 Å². The first-order chi connectivity index (χ1) is 11.2. The van der Waals surface area contributed by atoms with E-state index in [1.165, 1.54) is 17.8 Å². The lowest BCUT2D eigenvalue weighted by Gasteiger charge is -2.23. The predicted octanol–water partition coefficient (Wildman–Crippen LogP) is 0.413. The molecule has 0 spiro atoms. The van der Waals surface area contributed by atoms with Crippen LogP contribution in [0, 0.1) is 11.3 Å². The number of ether oxygens (including phenoxy) is 2. The molecular formula is C15H17ClN4O4. The molecule has 0 saturated carbocycles. The SMILES string of the molecule is COC(=O)[C@@]12COC[C@@H]1CN(C(=O)c1cnc3cccnn13)C2.Cl. The van der Waals surface area contributed by atoms with E-state index in [0.717, 1.165) is 0 Å². The molecule has 0 radical (unpaired) electrons. The first kappa shape index (κ1) is 16.7. The zero-order chi connectivity index (χ0) is 16.0. The highest BCUT2D eigenvalue weighted by Crippen LogP contribution is 2.42. The Morgan fingerprint density at radius 3 is 3.08 bits per heavy atom. The van der Waals surface area contributed by atoms with E-state index in [1.807, 2.05) is 0 Å². The largest absolute Gasteiger partial charge is 0.468 e. The number of likely N-dealkylation sites (tertiary alicyclic amines) is 1. The van der Waals surface area contributed by atoms with E-state index in [9.17, 15) is 9.59 Å². The van der Waals surface area contributed by atoms with Gasteiger partial charge in [0.1, 0.15) is 5.41 Å². The highest BCUT2D eigenvalue weighted by molar-refractivity contribution is 5.94. The number of nitrogens with zero attached hydrogens (tertiary/aromatic N) is 4. The number of amides is 1. The molecule has 2 aliphatic rings. The van der Waals surface area contributed by atoms with Crippen LogP contribution in [0.15, 0.2) is 24.5 Å². The van der Waals surface area contributed by atoms with Crippen LogP contribution >= 0.6 is 12.4 Å². The highest BCUT2D eigenvalue weighted by Gasteiger charge is 2.57. The topological polar surface area (TPSA) is 86.0 Å². The third-order valence-electron chi connectivity index (χ3n) is 4.75. The van der Waals surface area contributed by atoms with E-state index in [0.29, 0.717) is 37.6 Å². The Morgan fingerprint density at radius 2 is 2.29 bits per heavy atom. The van der Waals surface area contributed by atoms with Crippen molar-refractivity contribution in [2.75, 3.05) is 33.4 Å². The lowest BCUT2D eigenvalue weighted by atomic mass is 9.81. The summed E-state index contributed by atoms with van der Waals surface area (Å²) in [6, 6.07) is 3.55. The van der Waals surface area contributed by atoms with Gasteiger partial charge in [-0.15, -0.1) is 12.4 Å². The van der Waals surface area contributed by atoms with Gasteiger partial charge in [-0.05, 0) is 12.1 Å². The standard InChI is InChI=1S/C15H16N4O4.ClH/c1-22-14(21)15-8-18(6-10(15)7-23-9-15)13(20)11-5-16-12-3-2-4-17-19(11)12;/h2-5,10H,6-9H2,1H3;1H/t10-,15-;/m0./s1. The fourth-order valence-corrected chi connectivity index (χ4v) is 3.52. The van der Waals surface area contributed by atoms with Gasteiger partial charge in [-0.25, -0.2) is 9.50 Å². The zero-order valence-electron chi connectivity index (χ0n) is 13.0. The molecule has 2 aromatic heterocycles. The summed E-state index contributed by atoms with van der Waals surface area (Å²) in [6.07, 6.45) is 3.12. The van der Waals surface area contributed by atoms with Crippen LogP contribution in [0.1, 0.15) is 10.5 Å². The van der Waals surface area contributed by atoms with Gasteiger partial charge in [0, 0.05) is 25.2 Å². The third kappa shape index (κ3) is 2.25. The Morgan fingerprint density at radius 1 is 1.46 bits per heavy atom. The molecule has 4 rings (SSSR count). The summed E-state index contributed by atoms with van der Waals surface area (Å²) < 4.78 is 11.9. The van der Waals surface area contributed by atoms with Gasteiger partial charge in [0.25, 0.3) is 5.91 Å². The molecular weight excluding hydrogens is 336 g/mol. The van der Waals surface area contributed by atoms with Gasteiger partial charge < -0.3 is 14.4 Å². The molecule has 2 saturated heterocycles. The number of aromatic nitrogens is 3. The lowest BCUT2D eigenvalue weighted by molar-refractivity contribution is -0.153. The van der Waals surface area contributed by atoms with Gasteiger partial charge in [0.15, 0.2) is 11.3 Å². The van der Waals surface area contributed by atoms with E-state index in [-0.39, 0.29) is 30.2 Å². The normalized spacial score (nSPS) is 25.4. The molecule has 2 aliphatic heterocycles. The molecule has 24 heavy (non-hydrogen) atoms. The van der Waals surface area contributed by atoms with Crippen molar-refractivity contribution >= 4 is 29.9 Å². The van der Waals surface area contributed by atoms with Gasteiger partial charge in [0.2, 0.25) is 0 Å². The molecule has 9 heteroatoms. The van der Waals surface area contributed by atoms with Gasteiger partial charge in [-0.3, -0.25) is 9.59 Å². The molecule has 0 N–H and O–H groups in total. The van der Waals surface area contributed by atoms with Crippen LogP contribution in [0.2, 0.25) is 0 Å². The van der Waals surface area contributed by atoms with E-state index in [2.05, 4.69) is 10.1 Å². The molecule has 0 bridgehead atoms. The van der Waals surface area contributed by atoms with Crippen molar-refractivity contribution in [3.63, 3.8) is 0 Å². The number of halogens is 1. The average molecular weight is 353 g/mol.